The van der Waals surface area contributed by atoms with Gasteiger partial charge in [-0.15, -0.1) is 0 Å². The molecule has 8 nitrogen and oxygen atoms in total. The fraction of sp³-hybridized carbons (Fsp3) is 0.526. The Hall–Kier alpha value is -2.61. The Morgan fingerprint density at radius 3 is 2.37 bits per heavy atom. The van der Waals surface area contributed by atoms with Gasteiger partial charge in [0.25, 0.3) is 0 Å². The second kappa shape index (κ2) is 8.85. The second-order valence-electron chi connectivity index (χ2n) is 6.80. The Labute approximate surface area is 159 Å². The maximum absolute atomic E-state index is 12.7. The van der Waals surface area contributed by atoms with Crippen LogP contribution < -0.4 is 15.4 Å². The van der Waals surface area contributed by atoms with Crippen molar-refractivity contribution in [2.45, 2.75) is 57.5 Å². The average molecular weight is 370 g/mol. The lowest BCUT2D eigenvalue weighted by Gasteiger charge is -2.35. The Bertz CT molecular complexity index is 742. The highest BCUT2D eigenvalue weighted by molar-refractivity contribution is 5.92. The number of hydrogen-bond donors (Lipinski definition) is 1. The number of rotatable bonds is 6. The van der Waals surface area contributed by atoms with E-state index in [9.17, 15) is 4.79 Å². The number of aromatic nitrogens is 4. The first-order chi connectivity index (χ1) is 13.1. The fourth-order valence-corrected chi connectivity index (χ4v) is 3.36. The number of anilines is 1. The molecule has 144 valence electrons. The lowest BCUT2D eigenvalue weighted by atomic mass is 9.90. The van der Waals surface area contributed by atoms with E-state index in [0.29, 0.717) is 23.9 Å². The van der Waals surface area contributed by atoms with Crippen LogP contribution in [0.5, 0.6) is 6.01 Å². The molecule has 0 unspecified atom stereocenters. The zero-order chi connectivity index (χ0) is 19.2. The molecule has 0 aromatic carbocycles. The van der Waals surface area contributed by atoms with Crippen molar-refractivity contribution in [3.05, 3.63) is 24.8 Å². The van der Waals surface area contributed by atoms with Gasteiger partial charge >= 0.3 is 6.01 Å². The molecular weight excluding hydrogens is 344 g/mol. The van der Waals surface area contributed by atoms with Crippen LogP contribution in [-0.2, 0) is 4.79 Å². The van der Waals surface area contributed by atoms with Gasteiger partial charge in [0.05, 0.1) is 25.2 Å². The van der Waals surface area contributed by atoms with Crippen molar-refractivity contribution in [3.8, 4) is 17.3 Å². The molecular formula is C19H26N6O2. The SMILES string of the molecule is CCCC(=O)N(c1cnc(-c2cnc(OC)nc2)cn1)C1CCC(N)CC1. The van der Waals surface area contributed by atoms with Crippen LogP contribution in [0.15, 0.2) is 24.8 Å². The van der Waals surface area contributed by atoms with Gasteiger partial charge in [-0.3, -0.25) is 14.7 Å². The summed E-state index contributed by atoms with van der Waals surface area (Å²) >= 11 is 0. The highest BCUT2D eigenvalue weighted by Crippen LogP contribution is 2.27. The smallest absolute Gasteiger partial charge is 0.316 e. The Morgan fingerprint density at radius 2 is 1.81 bits per heavy atom. The first-order valence-corrected chi connectivity index (χ1v) is 9.38. The fourth-order valence-electron chi connectivity index (χ4n) is 3.36. The predicted octanol–water partition coefficient (Wildman–Crippen LogP) is 2.35. The Morgan fingerprint density at radius 1 is 1.11 bits per heavy atom. The number of carbonyl (C=O) groups excluding carboxylic acids is 1. The van der Waals surface area contributed by atoms with Gasteiger partial charge in [-0.05, 0) is 32.1 Å². The van der Waals surface area contributed by atoms with E-state index in [1.165, 1.54) is 7.11 Å². The minimum absolute atomic E-state index is 0.0906. The summed E-state index contributed by atoms with van der Waals surface area (Å²) in [6, 6.07) is 0.663. The molecule has 2 aromatic heterocycles. The van der Waals surface area contributed by atoms with Crippen LogP contribution in [0.3, 0.4) is 0 Å². The number of nitrogens with zero attached hydrogens (tertiary/aromatic N) is 5. The number of hydrogen-bond acceptors (Lipinski definition) is 7. The number of ether oxygens (including phenoxy) is 1. The van der Waals surface area contributed by atoms with Gasteiger partial charge in [-0.25, -0.2) is 15.0 Å². The van der Waals surface area contributed by atoms with Crippen LogP contribution in [0, 0.1) is 0 Å². The molecule has 3 rings (SSSR count). The van der Waals surface area contributed by atoms with Crippen molar-refractivity contribution in [1.29, 1.82) is 0 Å². The molecule has 1 fully saturated rings. The van der Waals surface area contributed by atoms with E-state index in [0.717, 1.165) is 37.7 Å². The van der Waals surface area contributed by atoms with Crippen molar-refractivity contribution in [2.24, 2.45) is 5.73 Å². The van der Waals surface area contributed by atoms with E-state index in [-0.39, 0.29) is 18.0 Å². The molecule has 1 amide bonds. The van der Waals surface area contributed by atoms with Crippen LogP contribution in [0.4, 0.5) is 5.82 Å². The molecule has 0 atom stereocenters. The third-order valence-electron chi connectivity index (χ3n) is 4.83. The summed E-state index contributed by atoms with van der Waals surface area (Å²) in [5.41, 5.74) is 7.41. The number of amides is 1. The van der Waals surface area contributed by atoms with Gasteiger partial charge in [0, 0.05) is 36.5 Å². The molecule has 1 saturated carbocycles. The number of methoxy groups -OCH3 is 1. The van der Waals surface area contributed by atoms with Crippen molar-refractivity contribution >= 4 is 11.7 Å². The summed E-state index contributed by atoms with van der Waals surface area (Å²) in [5.74, 6) is 0.680. The van der Waals surface area contributed by atoms with Crippen molar-refractivity contribution in [3.63, 3.8) is 0 Å². The summed E-state index contributed by atoms with van der Waals surface area (Å²) < 4.78 is 4.97. The van der Waals surface area contributed by atoms with Gasteiger partial charge in [0.15, 0.2) is 5.82 Å². The maximum Gasteiger partial charge on any atom is 0.316 e. The maximum atomic E-state index is 12.7. The Balaban J connectivity index is 1.82. The van der Waals surface area contributed by atoms with Gasteiger partial charge < -0.3 is 10.5 Å². The minimum atomic E-state index is 0.0906. The molecule has 0 aliphatic heterocycles. The summed E-state index contributed by atoms with van der Waals surface area (Å²) in [6.07, 6.45) is 11.5. The molecule has 8 heteroatoms. The predicted molar refractivity (Wildman–Crippen MR) is 102 cm³/mol. The van der Waals surface area contributed by atoms with Crippen LogP contribution >= 0.6 is 0 Å². The van der Waals surface area contributed by atoms with Crippen LogP contribution in [-0.4, -0.2) is 45.0 Å². The molecule has 2 N–H and O–H groups in total. The summed E-state index contributed by atoms with van der Waals surface area (Å²) in [5, 5.41) is 0. The monoisotopic (exact) mass is 370 g/mol. The highest BCUT2D eigenvalue weighted by Gasteiger charge is 2.29. The first-order valence-electron chi connectivity index (χ1n) is 9.38. The number of nitrogens with two attached hydrogens (primary N) is 1. The lowest BCUT2D eigenvalue weighted by molar-refractivity contribution is -0.119. The topological polar surface area (TPSA) is 107 Å². The first kappa shape index (κ1) is 19.2. The molecule has 0 radical (unpaired) electrons. The van der Waals surface area contributed by atoms with Crippen molar-refractivity contribution < 1.29 is 9.53 Å². The zero-order valence-electron chi connectivity index (χ0n) is 15.8. The van der Waals surface area contributed by atoms with E-state index >= 15 is 0 Å². The average Bonchev–Trinajstić information content (AvgIpc) is 2.70. The van der Waals surface area contributed by atoms with E-state index in [2.05, 4.69) is 19.9 Å². The molecule has 1 aliphatic rings. The standard InChI is InChI=1S/C19H26N6O2/c1-3-4-18(26)25(15-7-5-14(20)6-8-15)17-12-21-16(11-22-17)13-9-23-19(27-2)24-10-13/h9-12,14-15H,3-8,20H2,1-2H3. The normalized spacial score (nSPS) is 19.5. The van der Waals surface area contributed by atoms with Gasteiger partial charge in [0.2, 0.25) is 5.91 Å². The summed E-state index contributed by atoms with van der Waals surface area (Å²) in [6.45, 7) is 2.01. The second-order valence-corrected chi connectivity index (χ2v) is 6.80. The lowest BCUT2D eigenvalue weighted by Crippen LogP contribution is -2.45. The zero-order valence-corrected chi connectivity index (χ0v) is 15.8. The van der Waals surface area contributed by atoms with Gasteiger partial charge in [0.1, 0.15) is 0 Å². The molecule has 0 bridgehead atoms. The minimum Gasteiger partial charge on any atom is -0.467 e. The summed E-state index contributed by atoms with van der Waals surface area (Å²) in [4.78, 5) is 31.7. The quantitative estimate of drug-likeness (QED) is 0.831. The van der Waals surface area contributed by atoms with Crippen LogP contribution in [0.1, 0.15) is 45.4 Å². The van der Waals surface area contributed by atoms with E-state index in [1.807, 2.05) is 11.8 Å². The molecule has 27 heavy (non-hydrogen) atoms. The third-order valence-corrected chi connectivity index (χ3v) is 4.83. The molecule has 0 saturated heterocycles. The van der Waals surface area contributed by atoms with E-state index < -0.39 is 0 Å². The molecule has 2 aromatic rings. The Kier molecular flexibility index (Phi) is 6.28. The largest absolute Gasteiger partial charge is 0.467 e. The summed E-state index contributed by atoms with van der Waals surface area (Å²) in [7, 11) is 1.52. The number of carbonyl (C=O) groups is 1. The molecule has 1 aliphatic carbocycles. The van der Waals surface area contributed by atoms with Gasteiger partial charge in [-0.1, -0.05) is 6.92 Å². The highest BCUT2D eigenvalue weighted by atomic mass is 16.5. The van der Waals surface area contributed by atoms with Gasteiger partial charge in [-0.2, -0.15) is 0 Å². The molecule has 2 heterocycles. The van der Waals surface area contributed by atoms with Crippen molar-refractivity contribution in [2.75, 3.05) is 12.0 Å². The van der Waals surface area contributed by atoms with E-state index in [4.69, 9.17) is 10.5 Å². The third kappa shape index (κ3) is 4.57. The van der Waals surface area contributed by atoms with Crippen molar-refractivity contribution in [1.82, 2.24) is 19.9 Å². The van der Waals surface area contributed by atoms with Crippen LogP contribution in [0.25, 0.3) is 11.3 Å². The molecule has 0 spiro atoms. The van der Waals surface area contributed by atoms with E-state index in [1.54, 1.807) is 24.8 Å². The van der Waals surface area contributed by atoms with Crippen LogP contribution in [0.2, 0.25) is 0 Å².